The molecule has 2 aromatic rings. The first kappa shape index (κ1) is 34.0. The molecule has 6 nitrogen and oxygen atoms in total. The minimum absolute atomic E-state index is 0. The molecule has 0 spiro atoms. The Morgan fingerprint density at radius 1 is 0.659 bits per heavy atom. The van der Waals surface area contributed by atoms with Gasteiger partial charge in [-0.15, -0.1) is 0 Å². The molecule has 44 heavy (non-hydrogen) atoms. The SMILES string of the molecule is C=CC(=O)OC(COc1ccc(-c2ccc(OCC(CSC3CCCCC3)OC(=O)C=C)cc2)cc1)CSC1CCCCC1.[HH].[HH]. The van der Waals surface area contributed by atoms with E-state index in [0.29, 0.717) is 35.2 Å². The number of carbonyl (C=O) groups is 2. The summed E-state index contributed by atoms with van der Waals surface area (Å²) < 4.78 is 23.2. The van der Waals surface area contributed by atoms with Crippen molar-refractivity contribution in [2.45, 2.75) is 86.9 Å². The van der Waals surface area contributed by atoms with Crippen molar-refractivity contribution in [1.82, 2.24) is 0 Å². The third kappa shape index (κ3) is 11.9. The molecule has 4 rings (SSSR count). The Balaban J connectivity index is 0.00000368. The van der Waals surface area contributed by atoms with E-state index in [-0.39, 0.29) is 15.1 Å². The van der Waals surface area contributed by atoms with Crippen LogP contribution in [-0.2, 0) is 19.1 Å². The number of esters is 2. The van der Waals surface area contributed by atoms with Crippen molar-refractivity contribution in [2.75, 3.05) is 24.7 Å². The second-order valence-electron chi connectivity index (χ2n) is 11.4. The minimum Gasteiger partial charge on any atom is -0.490 e. The average molecular weight is 643 g/mol. The lowest BCUT2D eigenvalue weighted by atomic mass is 10.0. The van der Waals surface area contributed by atoms with E-state index < -0.39 is 11.9 Å². The van der Waals surface area contributed by atoms with Crippen LogP contribution in [0.2, 0.25) is 0 Å². The third-order valence-electron chi connectivity index (χ3n) is 7.95. The molecule has 8 heteroatoms. The first-order valence-corrected chi connectivity index (χ1v) is 18.0. The molecule has 0 heterocycles. The Morgan fingerprint density at radius 3 is 1.36 bits per heavy atom. The van der Waals surface area contributed by atoms with Gasteiger partial charge in [-0.1, -0.05) is 75.9 Å². The summed E-state index contributed by atoms with van der Waals surface area (Å²) in [6.45, 7) is 7.65. The van der Waals surface area contributed by atoms with Crippen LogP contribution in [0.25, 0.3) is 11.1 Å². The molecule has 2 aliphatic carbocycles. The highest BCUT2D eigenvalue weighted by molar-refractivity contribution is 8.00. The maximum absolute atomic E-state index is 11.9. The predicted octanol–water partition coefficient (Wildman–Crippen LogP) is 8.93. The molecule has 2 aliphatic rings. The third-order valence-corrected chi connectivity index (χ3v) is 11.0. The summed E-state index contributed by atoms with van der Waals surface area (Å²) in [5, 5.41) is 1.26. The number of hydrogen-bond donors (Lipinski definition) is 0. The predicted molar refractivity (Wildman–Crippen MR) is 186 cm³/mol. The van der Waals surface area contributed by atoms with Crippen LogP contribution in [0.4, 0.5) is 0 Å². The molecule has 0 aromatic heterocycles. The minimum atomic E-state index is -0.419. The van der Waals surface area contributed by atoms with Gasteiger partial charge in [-0.3, -0.25) is 0 Å². The van der Waals surface area contributed by atoms with Gasteiger partial charge in [0.1, 0.15) is 36.9 Å². The van der Waals surface area contributed by atoms with Crippen molar-refractivity contribution < 1.29 is 31.4 Å². The van der Waals surface area contributed by atoms with Crippen LogP contribution >= 0.6 is 23.5 Å². The van der Waals surface area contributed by atoms with Crippen molar-refractivity contribution in [3.05, 3.63) is 73.8 Å². The van der Waals surface area contributed by atoms with E-state index >= 15 is 0 Å². The lowest BCUT2D eigenvalue weighted by Crippen LogP contribution is -2.28. The maximum atomic E-state index is 11.9. The molecule has 2 unspecified atom stereocenters. The Bertz CT molecular complexity index is 1090. The molecule has 0 radical (unpaired) electrons. The monoisotopic (exact) mass is 642 g/mol. The number of ether oxygens (including phenoxy) is 4. The van der Waals surface area contributed by atoms with Crippen molar-refractivity contribution in [1.29, 1.82) is 0 Å². The van der Waals surface area contributed by atoms with E-state index in [2.05, 4.69) is 13.2 Å². The van der Waals surface area contributed by atoms with Gasteiger partial charge in [-0.05, 0) is 61.1 Å². The van der Waals surface area contributed by atoms with Crippen LogP contribution in [0, 0.1) is 0 Å². The summed E-state index contributed by atoms with van der Waals surface area (Å²) in [5.74, 6) is 2.04. The van der Waals surface area contributed by atoms with Crippen molar-refractivity contribution in [2.24, 2.45) is 0 Å². The van der Waals surface area contributed by atoms with Gasteiger partial charge in [0.15, 0.2) is 0 Å². The molecule has 0 bridgehead atoms. The van der Waals surface area contributed by atoms with E-state index in [0.717, 1.165) is 22.6 Å². The van der Waals surface area contributed by atoms with E-state index in [9.17, 15) is 9.59 Å². The highest BCUT2D eigenvalue weighted by Crippen LogP contribution is 2.31. The molecular formula is C36H50O6S2. The lowest BCUT2D eigenvalue weighted by Gasteiger charge is -2.24. The Labute approximate surface area is 274 Å². The molecule has 0 aliphatic heterocycles. The van der Waals surface area contributed by atoms with Crippen LogP contribution in [0.15, 0.2) is 73.8 Å². The van der Waals surface area contributed by atoms with Gasteiger partial charge >= 0.3 is 11.9 Å². The van der Waals surface area contributed by atoms with Gasteiger partial charge in [-0.25, -0.2) is 9.59 Å². The van der Waals surface area contributed by atoms with Crippen LogP contribution in [0.3, 0.4) is 0 Å². The second-order valence-corrected chi connectivity index (χ2v) is 14.1. The van der Waals surface area contributed by atoms with Gasteiger partial charge in [0.2, 0.25) is 0 Å². The topological polar surface area (TPSA) is 71.1 Å². The Hall–Kier alpha value is -2.84. The standard InChI is InChI=1S/C36H46O6S2.2H2/c1-3-35(37)41-31(25-43-33-11-7-5-8-12-33)23-39-29-19-15-27(16-20-29)28-17-21-30(22-18-28)40-24-32(42-36(38)4-2)26-44-34-13-9-6-10-14-34;;/h3-4,15-22,31-34H,1-2,5-14,23-26H2;2*1H. The van der Waals surface area contributed by atoms with Crippen LogP contribution in [-0.4, -0.2) is 59.4 Å². The van der Waals surface area contributed by atoms with E-state index in [1.807, 2.05) is 72.1 Å². The van der Waals surface area contributed by atoms with Gasteiger partial charge in [0.25, 0.3) is 0 Å². The highest BCUT2D eigenvalue weighted by atomic mass is 32.2. The zero-order valence-electron chi connectivity index (χ0n) is 25.7. The second kappa shape index (κ2) is 18.8. The molecule has 242 valence electrons. The van der Waals surface area contributed by atoms with Crippen molar-refractivity contribution >= 4 is 35.5 Å². The quantitative estimate of drug-likeness (QED) is 0.125. The molecule has 2 aromatic carbocycles. The van der Waals surface area contributed by atoms with Gasteiger partial charge in [0.05, 0.1) is 0 Å². The number of hydrogen-bond acceptors (Lipinski definition) is 8. The Morgan fingerprint density at radius 2 is 1.02 bits per heavy atom. The summed E-state index contributed by atoms with van der Waals surface area (Å²) in [6.07, 6.45) is 14.4. The lowest BCUT2D eigenvalue weighted by molar-refractivity contribution is -0.144. The number of rotatable bonds is 17. The first-order chi connectivity index (χ1) is 21.5. The van der Waals surface area contributed by atoms with Crippen molar-refractivity contribution in [3.8, 4) is 22.6 Å². The zero-order valence-corrected chi connectivity index (χ0v) is 27.3. The molecule has 2 saturated carbocycles. The molecule has 2 fully saturated rings. The fourth-order valence-electron chi connectivity index (χ4n) is 5.47. The van der Waals surface area contributed by atoms with Crippen LogP contribution in [0.1, 0.15) is 67.1 Å². The number of carbonyl (C=O) groups excluding carboxylic acids is 2. The molecule has 0 saturated heterocycles. The zero-order chi connectivity index (χ0) is 31.0. The molecule has 0 N–H and O–H groups in total. The summed E-state index contributed by atoms with van der Waals surface area (Å²) in [5.41, 5.74) is 2.10. The van der Waals surface area contributed by atoms with Crippen LogP contribution < -0.4 is 9.47 Å². The van der Waals surface area contributed by atoms with Crippen LogP contribution in [0.5, 0.6) is 11.5 Å². The van der Waals surface area contributed by atoms with Gasteiger partial charge in [0, 0.05) is 37.0 Å². The van der Waals surface area contributed by atoms with Gasteiger partial charge < -0.3 is 18.9 Å². The normalized spacial score (nSPS) is 17.2. The van der Waals surface area contributed by atoms with E-state index in [1.165, 1.54) is 76.4 Å². The molecule has 0 amide bonds. The number of thioether (sulfide) groups is 2. The highest BCUT2D eigenvalue weighted by Gasteiger charge is 2.21. The summed E-state index contributed by atoms with van der Waals surface area (Å²) >= 11 is 3.76. The largest absolute Gasteiger partial charge is 0.490 e. The summed E-state index contributed by atoms with van der Waals surface area (Å²) in [6, 6.07) is 15.8. The maximum Gasteiger partial charge on any atom is 0.330 e. The van der Waals surface area contributed by atoms with Crippen molar-refractivity contribution in [3.63, 3.8) is 0 Å². The van der Waals surface area contributed by atoms with Gasteiger partial charge in [-0.2, -0.15) is 23.5 Å². The fraction of sp³-hybridized carbons (Fsp3) is 0.500. The molecule has 2 atom stereocenters. The summed E-state index contributed by atoms with van der Waals surface area (Å²) in [7, 11) is 0. The smallest absolute Gasteiger partial charge is 0.330 e. The molecular weight excluding hydrogens is 593 g/mol. The van der Waals surface area contributed by atoms with E-state index in [4.69, 9.17) is 18.9 Å². The average Bonchev–Trinajstić information content (AvgIpc) is 3.08. The Kier molecular flexibility index (Phi) is 14.6. The number of benzene rings is 2. The first-order valence-electron chi connectivity index (χ1n) is 15.9. The summed E-state index contributed by atoms with van der Waals surface area (Å²) in [4.78, 5) is 23.8. The van der Waals surface area contributed by atoms with E-state index in [1.54, 1.807) is 0 Å². The fourth-order valence-corrected chi connectivity index (χ4v) is 8.11.